The number of rotatable bonds is 6. The van der Waals surface area contributed by atoms with Gasteiger partial charge >= 0.3 is 0 Å². The maximum absolute atomic E-state index is 6.24. The summed E-state index contributed by atoms with van der Waals surface area (Å²) < 4.78 is 18.9. The quantitative estimate of drug-likeness (QED) is 0.474. The van der Waals surface area contributed by atoms with Gasteiger partial charge in [0, 0.05) is 60.4 Å². The summed E-state index contributed by atoms with van der Waals surface area (Å²) >= 11 is 0. The van der Waals surface area contributed by atoms with Gasteiger partial charge in [-0.1, -0.05) is 0 Å². The summed E-state index contributed by atoms with van der Waals surface area (Å²) in [7, 11) is 1.64. The zero-order valence-electron chi connectivity index (χ0n) is 17.3. The number of benzene rings is 1. The lowest BCUT2D eigenvalue weighted by Crippen LogP contribution is -2.38. The lowest BCUT2D eigenvalue weighted by Gasteiger charge is -2.26. The zero-order valence-corrected chi connectivity index (χ0v) is 17.3. The summed E-state index contributed by atoms with van der Waals surface area (Å²) in [4.78, 5) is 15.5. The van der Waals surface area contributed by atoms with E-state index in [2.05, 4.69) is 19.9 Å². The van der Waals surface area contributed by atoms with Crippen molar-refractivity contribution in [3.8, 4) is 17.3 Å². The van der Waals surface area contributed by atoms with Crippen molar-refractivity contribution in [3.05, 3.63) is 43.1 Å². The third-order valence-electron chi connectivity index (χ3n) is 5.52. The molecule has 31 heavy (non-hydrogen) atoms. The van der Waals surface area contributed by atoms with E-state index in [4.69, 9.17) is 19.9 Å². The van der Waals surface area contributed by atoms with E-state index in [1.807, 2.05) is 29.0 Å². The molecule has 160 valence electrons. The van der Waals surface area contributed by atoms with E-state index in [1.165, 1.54) is 0 Å². The molecule has 0 unspecified atom stereocenters. The lowest BCUT2D eigenvalue weighted by atomic mass is 10.1. The first-order chi connectivity index (χ1) is 15.2. The van der Waals surface area contributed by atoms with Crippen LogP contribution in [0.5, 0.6) is 11.5 Å². The molecule has 4 heterocycles. The number of pyridine rings is 2. The highest BCUT2D eigenvalue weighted by atomic mass is 16.5. The molecule has 4 aromatic rings. The van der Waals surface area contributed by atoms with Crippen molar-refractivity contribution in [2.45, 2.75) is 0 Å². The fourth-order valence-electron chi connectivity index (χ4n) is 3.83. The van der Waals surface area contributed by atoms with E-state index in [0.29, 0.717) is 29.7 Å². The molecule has 0 atom stereocenters. The molecule has 3 aromatic heterocycles. The van der Waals surface area contributed by atoms with Crippen LogP contribution in [0.2, 0.25) is 0 Å². The molecule has 1 aliphatic heterocycles. The van der Waals surface area contributed by atoms with Gasteiger partial charge in [-0.2, -0.15) is 0 Å². The van der Waals surface area contributed by atoms with Crippen LogP contribution in [0.15, 0.2) is 43.1 Å². The standard InChI is InChI=1S/C22H24N6O3/c1-29-19-10-16-15-11-21(28-3-2-24-14-28)26-22(23)17(15)13-25-18(16)12-20(19)31-9-6-27-4-7-30-8-5-27/h2-3,10-14H,4-9H2,1H3,(H2,23,26). The number of methoxy groups -OCH3 is 1. The average molecular weight is 420 g/mol. The Morgan fingerprint density at radius 3 is 2.74 bits per heavy atom. The Balaban J connectivity index is 1.50. The number of hydrogen-bond donors (Lipinski definition) is 1. The van der Waals surface area contributed by atoms with Crippen molar-refractivity contribution in [2.24, 2.45) is 0 Å². The number of morpholine rings is 1. The molecule has 1 saturated heterocycles. The van der Waals surface area contributed by atoms with Gasteiger partial charge in [-0.15, -0.1) is 0 Å². The summed E-state index contributed by atoms with van der Waals surface area (Å²) in [6.07, 6.45) is 6.98. The minimum absolute atomic E-state index is 0.417. The van der Waals surface area contributed by atoms with E-state index in [9.17, 15) is 0 Å². The predicted molar refractivity (Wildman–Crippen MR) is 118 cm³/mol. The molecule has 1 aliphatic rings. The normalized spacial score (nSPS) is 14.9. The Hall–Kier alpha value is -3.43. The Morgan fingerprint density at radius 2 is 1.97 bits per heavy atom. The smallest absolute Gasteiger partial charge is 0.163 e. The topological polar surface area (TPSA) is 101 Å². The van der Waals surface area contributed by atoms with Gasteiger partial charge in [0.15, 0.2) is 11.5 Å². The molecular formula is C22H24N6O3. The number of imidazole rings is 1. The van der Waals surface area contributed by atoms with Crippen LogP contribution in [0.3, 0.4) is 0 Å². The van der Waals surface area contributed by atoms with Gasteiger partial charge in [0.1, 0.15) is 24.6 Å². The van der Waals surface area contributed by atoms with Crippen LogP contribution in [0.1, 0.15) is 0 Å². The van der Waals surface area contributed by atoms with E-state index in [0.717, 1.165) is 54.5 Å². The molecule has 1 fully saturated rings. The van der Waals surface area contributed by atoms with Crippen molar-refractivity contribution in [3.63, 3.8) is 0 Å². The first-order valence-corrected chi connectivity index (χ1v) is 10.2. The highest BCUT2D eigenvalue weighted by molar-refractivity contribution is 6.09. The van der Waals surface area contributed by atoms with E-state index in [1.54, 1.807) is 25.8 Å². The molecule has 9 nitrogen and oxygen atoms in total. The fraction of sp³-hybridized carbons (Fsp3) is 0.318. The van der Waals surface area contributed by atoms with Gasteiger partial charge in [-0.25, -0.2) is 9.97 Å². The third kappa shape index (κ3) is 3.85. The second kappa shape index (κ2) is 8.37. The van der Waals surface area contributed by atoms with E-state index in [-0.39, 0.29) is 0 Å². The molecule has 1 aromatic carbocycles. The van der Waals surface area contributed by atoms with E-state index < -0.39 is 0 Å². The van der Waals surface area contributed by atoms with Crippen molar-refractivity contribution >= 4 is 27.5 Å². The number of fused-ring (bicyclic) bond motifs is 3. The molecule has 0 aliphatic carbocycles. The molecule has 5 rings (SSSR count). The van der Waals surface area contributed by atoms with Crippen molar-refractivity contribution in [1.29, 1.82) is 0 Å². The van der Waals surface area contributed by atoms with Gasteiger partial charge in [0.25, 0.3) is 0 Å². The number of aromatic nitrogens is 4. The first kappa shape index (κ1) is 19.5. The monoisotopic (exact) mass is 420 g/mol. The number of hydrogen-bond acceptors (Lipinski definition) is 8. The minimum atomic E-state index is 0.417. The molecule has 2 N–H and O–H groups in total. The Morgan fingerprint density at radius 1 is 1.10 bits per heavy atom. The third-order valence-corrected chi connectivity index (χ3v) is 5.52. The van der Waals surface area contributed by atoms with Crippen molar-refractivity contribution in [2.75, 3.05) is 52.3 Å². The zero-order chi connectivity index (χ0) is 21.2. The van der Waals surface area contributed by atoms with Crippen LogP contribution < -0.4 is 15.2 Å². The van der Waals surface area contributed by atoms with Gasteiger partial charge in [-0.05, 0) is 12.1 Å². The molecule has 0 amide bonds. The molecule has 0 spiro atoms. The maximum atomic E-state index is 6.24. The van der Waals surface area contributed by atoms with Gasteiger partial charge < -0.3 is 19.9 Å². The summed E-state index contributed by atoms with van der Waals surface area (Å²) in [5.41, 5.74) is 7.04. The van der Waals surface area contributed by atoms with Crippen LogP contribution in [0, 0.1) is 0 Å². The lowest BCUT2D eigenvalue weighted by molar-refractivity contribution is 0.0321. The Bertz CT molecular complexity index is 1210. The Labute approximate surface area is 179 Å². The second-order valence-electron chi connectivity index (χ2n) is 7.38. The molecule has 0 saturated carbocycles. The van der Waals surface area contributed by atoms with Gasteiger partial charge in [0.05, 0.1) is 25.8 Å². The van der Waals surface area contributed by atoms with Gasteiger partial charge in [0.2, 0.25) is 0 Å². The molecule has 0 radical (unpaired) electrons. The summed E-state index contributed by atoms with van der Waals surface area (Å²) in [5, 5.41) is 2.66. The molecule has 0 bridgehead atoms. The largest absolute Gasteiger partial charge is 0.493 e. The summed E-state index contributed by atoms with van der Waals surface area (Å²) in [5.74, 6) is 2.44. The maximum Gasteiger partial charge on any atom is 0.163 e. The Kier molecular flexibility index (Phi) is 5.27. The minimum Gasteiger partial charge on any atom is -0.493 e. The van der Waals surface area contributed by atoms with Crippen molar-refractivity contribution < 1.29 is 14.2 Å². The fourth-order valence-corrected chi connectivity index (χ4v) is 3.83. The summed E-state index contributed by atoms with van der Waals surface area (Å²) in [6, 6.07) is 5.85. The molecular weight excluding hydrogens is 396 g/mol. The van der Waals surface area contributed by atoms with Crippen LogP contribution >= 0.6 is 0 Å². The predicted octanol–water partition coefficient (Wildman–Crippen LogP) is 2.27. The first-order valence-electron chi connectivity index (χ1n) is 10.2. The highest BCUT2D eigenvalue weighted by Crippen LogP contribution is 2.36. The van der Waals surface area contributed by atoms with Crippen LogP contribution in [-0.2, 0) is 4.74 Å². The van der Waals surface area contributed by atoms with E-state index >= 15 is 0 Å². The number of nitrogens with zero attached hydrogens (tertiary/aromatic N) is 5. The van der Waals surface area contributed by atoms with Crippen molar-refractivity contribution in [1.82, 2.24) is 24.4 Å². The van der Waals surface area contributed by atoms with Crippen LogP contribution in [0.4, 0.5) is 5.82 Å². The summed E-state index contributed by atoms with van der Waals surface area (Å²) in [6.45, 7) is 4.81. The number of nitrogens with two attached hydrogens (primary N) is 1. The molecule has 9 heteroatoms. The SMILES string of the molecule is COc1cc2c(cc1OCCN1CCOCC1)ncc1c(N)nc(-n3ccnc3)cc12. The average Bonchev–Trinajstić information content (AvgIpc) is 3.34. The number of anilines is 1. The van der Waals surface area contributed by atoms with Crippen LogP contribution in [0.25, 0.3) is 27.5 Å². The highest BCUT2D eigenvalue weighted by Gasteiger charge is 2.15. The number of nitrogen functional groups attached to an aromatic ring is 1. The second-order valence-corrected chi connectivity index (χ2v) is 7.38. The number of ether oxygens (including phenoxy) is 3. The van der Waals surface area contributed by atoms with Crippen LogP contribution in [-0.4, -0.2) is 71.0 Å². The van der Waals surface area contributed by atoms with Gasteiger partial charge in [-0.3, -0.25) is 14.5 Å².